The largest absolute Gasteiger partial charge is 0.462 e. The molecular formula is C26H31ClFNO4. The summed E-state index contributed by atoms with van der Waals surface area (Å²) in [5.41, 5.74) is 0.956. The van der Waals surface area contributed by atoms with E-state index in [1.807, 2.05) is 52.0 Å². The van der Waals surface area contributed by atoms with Gasteiger partial charge in [0.05, 0.1) is 6.10 Å². The van der Waals surface area contributed by atoms with Crippen LogP contribution in [0.1, 0.15) is 57.8 Å². The molecule has 0 aliphatic carbocycles. The summed E-state index contributed by atoms with van der Waals surface area (Å²) in [6, 6.07) is 12.5. The zero-order valence-corrected chi connectivity index (χ0v) is 20.3. The second kappa shape index (κ2) is 9.15. The number of amides is 1. The smallest absolute Gasteiger partial charge is 0.410 e. The van der Waals surface area contributed by atoms with Crippen molar-refractivity contribution in [2.24, 2.45) is 5.92 Å². The summed E-state index contributed by atoms with van der Waals surface area (Å²) in [7, 11) is 0. The van der Waals surface area contributed by atoms with Crippen LogP contribution in [-0.2, 0) is 15.9 Å². The van der Waals surface area contributed by atoms with Crippen LogP contribution in [0.5, 0.6) is 5.75 Å². The zero-order chi connectivity index (χ0) is 23.8. The van der Waals surface area contributed by atoms with E-state index in [0.717, 1.165) is 24.2 Å². The van der Waals surface area contributed by atoms with Crippen molar-refractivity contribution in [2.75, 3.05) is 13.1 Å². The highest BCUT2D eigenvalue weighted by atomic mass is 35.5. The summed E-state index contributed by atoms with van der Waals surface area (Å²) >= 11 is 5.92. The van der Waals surface area contributed by atoms with Gasteiger partial charge in [-0.2, -0.15) is 0 Å². The van der Waals surface area contributed by atoms with Gasteiger partial charge in [-0.15, -0.1) is 0 Å². The van der Waals surface area contributed by atoms with Crippen molar-refractivity contribution < 1.29 is 23.4 Å². The SMILES string of the molecule is CC(C)(C)OC(=O)N1CCC(C2OC(C)(Cc3ccc(Cl)cc3F)Oc3ccccc32)CC1. The Hall–Kier alpha value is -2.31. The number of benzene rings is 2. The number of likely N-dealkylation sites (tertiary alicyclic amines) is 1. The number of ether oxygens (including phenoxy) is 3. The van der Waals surface area contributed by atoms with Gasteiger partial charge in [0.1, 0.15) is 17.2 Å². The van der Waals surface area contributed by atoms with Crippen LogP contribution < -0.4 is 4.74 Å². The normalized spacial score (nSPS) is 23.6. The van der Waals surface area contributed by atoms with Crippen LogP contribution in [0.3, 0.4) is 0 Å². The van der Waals surface area contributed by atoms with Crippen LogP contribution in [0, 0.1) is 11.7 Å². The molecule has 0 spiro atoms. The van der Waals surface area contributed by atoms with Crippen LogP contribution >= 0.6 is 11.6 Å². The van der Waals surface area contributed by atoms with Crippen LogP contribution in [0.15, 0.2) is 42.5 Å². The summed E-state index contributed by atoms with van der Waals surface area (Å²) in [5, 5.41) is 0.354. The Morgan fingerprint density at radius 3 is 2.58 bits per heavy atom. The molecule has 1 fully saturated rings. The molecule has 2 atom stereocenters. The molecule has 2 unspecified atom stereocenters. The lowest BCUT2D eigenvalue weighted by atomic mass is 9.85. The number of fused-ring (bicyclic) bond motifs is 1. The van der Waals surface area contributed by atoms with E-state index in [-0.39, 0.29) is 30.4 Å². The molecule has 2 aliphatic heterocycles. The molecule has 2 heterocycles. The van der Waals surface area contributed by atoms with Crippen molar-refractivity contribution >= 4 is 17.7 Å². The van der Waals surface area contributed by atoms with E-state index in [9.17, 15) is 9.18 Å². The lowest BCUT2D eigenvalue weighted by Gasteiger charge is -2.44. The first-order valence-electron chi connectivity index (χ1n) is 11.4. The molecule has 7 heteroatoms. The molecule has 0 saturated carbocycles. The first-order valence-corrected chi connectivity index (χ1v) is 11.8. The van der Waals surface area contributed by atoms with E-state index < -0.39 is 11.4 Å². The fourth-order valence-corrected chi connectivity index (χ4v) is 4.71. The summed E-state index contributed by atoms with van der Waals surface area (Å²) in [5.74, 6) is -0.462. The number of rotatable bonds is 3. The first kappa shape index (κ1) is 23.8. The second-order valence-electron chi connectivity index (χ2n) is 10.0. The predicted octanol–water partition coefficient (Wildman–Crippen LogP) is 6.54. The van der Waals surface area contributed by atoms with Gasteiger partial charge in [0.15, 0.2) is 0 Å². The average Bonchev–Trinajstić information content (AvgIpc) is 2.74. The minimum absolute atomic E-state index is 0.197. The molecule has 0 radical (unpaired) electrons. The number of para-hydroxylation sites is 1. The maximum atomic E-state index is 14.5. The van der Waals surface area contributed by atoms with Gasteiger partial charge in [-0.05, 0) is 63.3 Å². The van der Waals surface area contributed by atoms with E-state index in [1.165, 1.54) is 6.07 Å². The van der Waals surface area contributed by atoms with E-state index in [4.69, 9.17) is 25.8 Å². The van der Waals surface area contributed by atoms with Crippen LogP contribution in [0.2, 0.25) is 5.02 Å². The summed E-state index contributed by atoms with van der Waals surface area (Å²) in [6.07, 6.45) is 1.32. The Kier molecular flexibility index (Phi) is 6.61. The highest BCUT2D eigenvalue weighted by molar-refractivity contribution is 6.30. The molecule has 0 N–H and O–H groups in total. The van der Waals surface area contributed by atoms with Crippen molar-refractivity contribution in [3.05, 3.63) is 64.4 Å². The van der Waals surface area contributed by atoms with Crippen LogP contribution in [-0.4, -0.2) is 35.5 Å². The van der Waals surface area contributed by atoms with Gasteiger partial charge in [-0.1, -0.05) is 35.9 Å². The van der Waals surface area contributed by atoms with Crippen LogP contribution in [0.25, 0.3) is 0 Å². The molecule has 0 bridgehead atoms. The minimum atomic E-state index is -1.03. The summed E-state index contributed by atoms with van der Waals surface area (Å²) in [4.78, 5) is 14.2. The third-order valence-electron chi connectivity index (χ3n) is 6.07. The lowest BCUT2D eigenvalue weighted by molar-refractivity contribution is -0.233. The first-order chi connectivity index (χ1) is 15.5. The third-order valence-corrected chi connectivity index (χ3v) is 6.31. The second-order valence-corrected chi connectivity index (χ2v) is 10.5. The highest BCUT2D eigenvalue weighted by Gasteiger charge is 2.43. The van der Waals surface area contributed by atoms with Gasteiger partial charge < -0.3 is 19.1 Å². The number of carbonyl (C=O) groups is 1. The predicted molar refractivity (Wildman–Crippen MR) is 125 cm³/mol. The number of nitrogens with zero attached hydrogens (tertiary/aromatic N) is 1. The molecule has 2 aromatic rings. The number of hydrogen-bond donors (Lipinski definition) is 0. The molecular weight excluding hydrogens is 445 g/mol. The maximum absolute atomic E-state index is 14.5. The van der Waals surface area contributed by atoms with E-state index >= 15 is 0 Å². The minimum Gasteiger partial charge on any atom is -0.462 e. The van der Waals surface area contributed by atoms with Crippen molar-refractivity contribution in [3.8, 4) is 5.75 Å². The number of carbonyl (C=O) groups excluding carboxylic acids is 1. The van der Waals surface area contributed by atoms with Crippen molar-refractivity contribution in [1.29, 1.82) is 0 Å². The quantitative estimate of drug-likeness (QED) is 0.506. The molecule has 1 amide bonds. The van der Waals surface area contributed by atoms with E-state index in [0.29, 0.717) is 23.7 Å². The standard InChI is InChI=1S/C26H31ClFNO4/c1-25(2,3)33-24(30)29-13-11-17(12-14-29)23-20-7-5-6-8-22(20)31-26(4,32-23)16-18-9-10-19(27)15-21(18)28/h5-10,15,17,23H,11-14,16H2,1-4H3. The fourth-order valence-electron chi connectivity index (χ4n) is 4.55. The number of halogens is 2. The Morgan fingerprint density at radius 2 is 1.91 bits per heavy atom. The van der Waals surface area contributed by atoms with E-state index in [1.54, 1.807) is 17.0 Å². The topological polar surface area (TPSA) is 48.0 Å². The van der Waals surface area contributed by atoms with Crippen LogP contribution in [0.4, 0.5) is 9.18 Å². The molecule has 0 aromatic heterocycles. The Balaban J connectivity index is 1.51. The fraction of sp³-hybridized carbons (Fsp3) is 0.500. The van der Waals surface area contributed by atoms with Crippen molar-refractivity contribution in [1.82, 2.24) is 4.90 Å². The summed E-state index contributed by atoms with van der Waals surface area (Å²) < 4.78 is 32.8. The molecule has 2 aromatic carbocycles. The van der Waals surface area contributed by atoms with Gasteiger partial charge in [-0.3, -0.25) is 0 Å². The zero-order valence-electron chi connectivity index (χ0n) is 19.6. The average molecular weight is 476 g/mol. The van der Waals surface area contributed by atoms with E-state index in [2.05, 4.69) is 0 Å². The maximum Gasteiger partial charge on any atom is 0.410 e. The van der Waals surface area contributed by atoms with Gasteiger partial charge in [-0.25, -0.2) is 9.18 Å². The highest BCUT2D eigenvalue weighted by Crippen LogP contribution is 2.46. The Morgan fingerprint density at radius 1 is 1.21 bits per heavy atom. The molecule has 2 aliphatic rings. The molecule has 178 valence electrons. The molecule has 33 heavy (non-hydrogen) atoms. The van der Waals surface area contributed by atoms with Gasteiger partial charge in [0.2, 0.25) is 5.79 Å². The van der Waals surface area contributed by atoms with Crippen molar-refractivity contribution in [2.45, 2.75) is 64.4 Å². The van der Waals surface area contributed by atoms with Gasteiger partial charge >= 0.3 is 6.09 Å². The van der Waals surface area contributed by atoms with Gasteiger partial charge in [0, 0.05) is 37.0 Å². The summed E-state index contributed by atoms with van der Waals surface area (Å²) in [6.45, 7) is 8.66. The molecule has 5 nitrogen and oxygen atoms in total. The monoisotopic (exact) mass is 475 g/mol. The number of hydrogen-bond acceptors (Lipinski definition) is 4. The number of piperidine rings is 1. The Labute approximate surface area is 199 Å². The Bertz CT molecular complexity index is 1020. The van der Waals surface area contributed by atoms with Gasteiger partial charge in [0.25, 0.3) is 0 Å². The molecule has 4 rings (SSSR count). The third kappa shape index (κ3) is 5.61. The van der Waals surface area contributed by atoms with Crippen molar-refractivity contribution in [3.63, 3.8) is 0 Å². The lowest BCUT2D eigenvalue weighted by Crippen LogP contribution is -2.47. The molecule has 1 saturated heterocycles.